The minimum absolute atomic E-state index is 0.131. The number of hydrogen-bond donors (Lipinski definition) is 8. The van der Waals surface area contributed by atoms with Crippen molar-refractivity contribution in [2.24, 2.45) is 17.2 Å². The third-order valence-electron chi connectivity index (χ3n) is 5.39. The summed E-state index contributed by atoms with van der Waals surface area (Å²) in [5, 5.41) is 25.9. The number of carboxylic acids is 2. The van der Waals surface area contributed by atoms with Gasteiger partial charge in [0.15, 0.2) is 0 Å². The average molecular weight is 535 g/mol. The minimum Gasteiger partial charge on any atom is -0.481 e. The third-order valence-corrected chi connectivity index (χ3v) is 6.03. The summed E-state index contributed by atoms with van der Waals surface area (Å²) in [5.41, 5.74) is 16.8. The van der Waals surface area contributed by atoms with Crippen LogP contribution >= 0.6 is 11.8 Å². The van der Waals surface area contributed by atoms with Crippen LogP contribution in [0.15, 0.2) is 0 Å². The fourth-order valence-corrected chi connectivity index (χ4v) is 3.73. The van der Waals surface area contributed by atoms with Gasteiger partial charge in [-0.15, -0.1) is 0 Å². The molecule has 0 aliphatic heterocycles. The highest BCUT2D eigenvalue weighted by Crippen LogP contribution is 2.07. The second kappa shape index (κ2) is 19.7. The summed E-state index contributed by atoms with van der Waals surface area (Å²) < 4.78 is 0. The van der Waals surface area contributed by atoms with E-state index in [2.05, 4.69) is 16.0 Å². The summed E-state index contributed by atoms with van der Waals surface area (Å²) in [4.78, 5) is 61.0. The number of rotatable bonds is 21. The molecule has 11 N–H and O–H groups in total. The summed E-state index contributed by atoms with van der Waals surface area (Å²) in [5.74, 6) is -3.95. The van der Waals surface area contributed by atoms with E-state index < -0.39 is 60.2 Å². The van der Waals surface area contributed by atoms with Crippen LogP contribution in [-0.2, 0) is 24.0 Å². The van der Waals surface area contributed by atoms with Crippen molar-refractivity contribution in [2.45, 2.75) is 82.0 Å². The zero-order valence-electron chi connectivity index (χ0n) is 20.9. The molecule has 0 aliphatic carbocycles. The van der Waals surface area contributed by atoms with Crippen LogP contribution in [0.3, 0.4) is 0 Å². The molecule has 3 amide bonds. The van der Waals surface area contributed by atoms with Crippen LogP contribution in [0.5, 0.6) is 0 Å². The molecule has 0 aromatic heterocycles. The number of hydrogen-bond acceptors (Lipinski definition) is 9. The fourth-order valence-electron chi connectivity index (χ4n) is 3.25. The van der Waals surface area contributed by atoms with Crippen LogP contribution in [-0.4, -0.2) is 89.1 Å². The Bertz CT molecular complexity index is 712. The van der Waals surface area contributed by atoms with Crippen molar-refractivity contribution in [3.05, 3.63) is 0 Å². The maximum absolute atomic E-state index is 13.0. The third kappa shape index (κ3) is 14.9. The molecular formula is C22H42N6O7S. The van der Waals surface area contributed by atoms with Crippen LogP contribution in [0.4, 0.5) is 0 Å². The molecule has 4 atom stereocenters. The quantitative estimate of drug-likeness (QED) is 0.0807. The van der Waals surface area contributed by atoms with Gasteiger partial charge in [-0.3, -0.25) is 19.2 Å². The molecule has 36 heavy (non-hydrogen) atoms. The number of nitrogens with one attached hydrogen (secondary N) is 3. The first-order valence-corrected chi connectivity index (χ1v) is 13.5. The van der Waals surface area contributed by atoms with Gasteiger partial charge in [0.25, 0.3) is 0 Å². The lowest BCUT2D eigenvalue weighted by molar-refractivity contribution is -0.143. The number of nitrogens with two attached hydrogens (primary N) is 3. The van der Waals surface area contributed by atoms with Gasteiger partial charge in [0, 0.05) is 6.42 Å². The summed E-state index contributed by atoms with van der Waals surface area (Å²) in [6, 6.07) is -4.37. The predicted molar refractivity (Wildman–Crippen MR) is 137 cm³/mol. The second-order valence-electron chi connectivity index (χ2n) is 8.41. The number of carbonyl (C=O) groups excluding carboxylic acids is 3. The van der Waals surface area contributed by atoms with Crippen LogP contribution in [0.2, 0.25) is 0 Å². The van der Waals surface area contributed by atoms with E-state index in [1.54, 1.807) is 0 Å². The predicted octanol–water partition coefficient (Wildman–Crippen LogP) is -1.27. The number of carboxylic acid groups (broad SMARTS) is 2. The van der Waals surface area contributed by atoms with Crippen molar-refractivity contribution in [3.63, 3.8) is 0 Å². The van der Waals surface area contributed by atoms with E-state index >= 15 is 0 Å². The summed E-state index contributed by atoms with van der Waals surface area (Å²) >= 11 is 1.45. The molecule has 14 heteroatoms. The minimum atomic E-state index is -1.31. The van der Waals surface area contributed by atoms with Gasteiger partial charge in [-0.2, -0.15) is 11.8 Å². The smallest absolute Gasteiger partial charge is 0.326 e. The SMILES string of the molecule is CSCCC(NC(=O)C(N)CCCCN)C(=O)NC(CCC(=O)O)C(=O)NC(CCCCN)C(=O)O. The fraction of sp³-hybridized carbons (Fsp3) is 0.773. The van der Waals surface area contributed by atoms with Crippen LogP contribution in [0.25, 0.3) is 0 Å². The summed E-state index contributed by atoms with van der Waals surface area (Å²) in [7, 11) is 0. The van der Waals surface area contributed by atoms with E-state index in [4.69, 9.17) is 22.3 Å². The normalized spacial score (nSPS) is 14.2. The summed E-state index contributed by atoms with van der Waals surface area (Å²) in [6.45, 7) is 0.847. The van der Waals surface area contributed by atoms with Crippen LogP contribution in [0.1, 0.15) is 57.8 Å². The molecule has 0 fully saturated rings. The molecule has 0 spiro atoms. The van der Waals surface area contributed by atoms with E-state index in [9.17, 15) is 29.1 Å². The highest BCUT2D eigenvalue weighted by atomic mass is 32.2. The van der Waals surface area contributed by atoms with Gasteiger partial charge in [-0.05, 0) is 70.0 Å². The van der Waals surface area contributed by atoms with Crippen molar-refractivity contribution < 1.29 is 34.2 Å². The van der Waals surface area contributed by atoms with Crippen LogP contribution < -0.4 is 33.2 Å². The molecular weight excluding hydrogens is 492 g/mol. The molecule has 208 valence electrons. The Balaban J connectivity index is 5.42. The molecule has 4 unspecified atom stereocenters. The van der Waals surface area contributed by atoms with Crippen molar-refractivity contribution >= 4 is 41.4 Å². The first kappa shape index (κ1) is 33.6. The van der Waals surface area contributed by atoms with Crippen molar-refractivity contribution in [3.8, 4) is 0 Å². The van der Waals surface area contributed by atoms with Crippen molar-refractivity contribution in [1.29, 1.82) is 0 Å². The van der Waals surface area contributed by atoms with Gasteiger partial charge in [-0.1, -0.05) is 6.42 Å². The molecule has 0 radical (unpaired) electrons. The first-order valence-electron chi connectivity index (χ1n) is 12.1. The molecule has 0 heterocycles. The molecule has 0 aromatic carbocycles. The lowest BCUT2D eigenvalue weighted by Gasteiger charge is -2.25. The molecule has 0 saturated carbocycles. The number of unbranched alkanes of at least 4 members (excludes halogenated alkanes) is 2. The van der Waals surface area contributed by atoms with E-state index in [0.29, 0.717) is 50.9 Å². The molecule has 0 aromatic rings. The molecule has 0 aliphatic rings. The Kier molecular flexibility index (Phi) is 18.4. The van der Waals surface area contributed by atoms with Crippen LogP contribution in [0, 0.1) is 0 Å². The second-order valence-corrected chi connectivity index (χ2v) is 9.40. The first-order chi connectivity index (χ1) is 17.1. The van der Waals surface area contributed by atoms with E-state index in [0.717, 1.165) is 0 Å². The van der Waals surface area contributed by atoms with E-state index in [1.807, 2.05) is 6.26 Å². The Hall–Kier alpha value is -2.42. The van der Waals surface area contributed by atoms with Gasteiger partial charge in [0.2, 0.25) is 17.7 Å². The Morgan fingerprint density at radius 3 is 1.72 bits per heavy atom. The van der Waals surface area contributed by atoms with Crippen molar-refractivity contribution in [1.82, 2.24) is 16.0 Å². The van der Waals surface area contributed by atoms with E-state index in [-0.39, 0.29) is 19.3 Å². The summed E-state index contributed by atoms with van der Waals surface area (Å²) in [6.07, 6.45) is 4.31. The van der Waals surface area contributed by atoms with E-state index in [1.165, 1.54) is 11.8 Å². The largest absolute Gasteiger partial charge is 0.481 e. The topological polar surface area (TPSA) is 240 Å². The Morgan fingerprint density at radius 2 is 1.22 bits per heavy atom. The van der Waals surface area contributed by atoms with Gasteiger partial charge < -0.3 is 43.4 Å². The number of aliphatic carboxylic acids is 2. The maximum atomic E-state index is 13.0. The monoisotopic (exact) mass is 534 g/mol. The van der Waals surface area contributed by atoms with Gasteiger partial charge >= 0.3 is 11.9 Å². The van der Waals surface area contributed by atoms with Gasteiger partial charge in [0.05, 0.1) is 6.04 Å². The van der Waals surface area contributed by atoms with Gasteiger partial charge in [0.1, 0.15) is 18.1 Å². The molecule has 0 rings (SSSR count). The zero-order chi connectivity index (χ0) is 27.5. The van der Waals surface area contributed by atoms with Gasteiger partial charge in [-0.25, -0.2) is 4.79 Å². The average Bonchev–Trinajstić information content (AvgIpc) is 2.83. The molecule has 13 nitrogen and oxygen atoms in total. The molecule has 0 bridgehead atoms. The zero-order valence-corrected chi connectivity index (χ0v) is 21.7. The Labute approximate surface area is 216 Å². The highest BCUT2D eigenvalue weighted by Gasteiger charge is 2.30. The maximum Gasteiger partial charge on any atom is 0.326 e. The number of carbonyl (C=O) groups is 5. The highest BCUT2D eigenvalue weighted by molar-refractivity contribution is 7.98. The molecule has 0 saturated heterocycles. The van der Waals surface area contributed by atoms with Crippen molar-refractivity contribution in [2.75, 3.05) is 25.1 Å². The lowest BCUT2D eigenvalue weighted by Crippen LogP contribution is -2.57. The standard InChI is InChI=1S/C22H42N6O7S/c1-36-13-10-16(26-19(31)14(25)6-2-4-11-23)21(33)27-15(8-9-18(29)30)20(32)28-17(22(34)35)7-3-5-12-24/h14-17H,2-13,23-25H2,1H3,(H,26,31)(H,27,33)(H,28,32)(H,29,30)(H,34,35). The number of thioether (sulfide) groups is 1. The Morgan fingerprint density at radius 1 is 0.722 bits per heavy atom. The number of amides is 3. The lowest BCUT2D eigenvalue weighted by atomic mass is 10.1.